The Morgan fingerprint density at radius 2 is 2.21 bits per heavy atom. The van der Waals surface area contributed by atoms with Crippen LogP contribution in [0.1, 0.15) is 29.1 Å². The van der Waals surface area contributed by atoms with Crippen molar-refractivity contribution in [1.82, 2.24) is 14.7 Å². The van der Waals surface area contributed by atoms with Crippen LogP contribution in [0.15, 0.2) is 30.6 Å². The van der Waals surface area contributed by atoms with Gasteiger partial charge in [0, 0.05) is 41.5 Å². The Morgan fingerprint density at radius 1 is 1.46 bits per heavy atom. The maximum atomic E-state index is 13.4. The summed E-state index contributed by atoms with van der Waals surface area (Å²) < 4.78 is 15.8. The molecule has 1 amide bonds. The molecular weight excluding hydrogens is 349 g/mol. The Hall–Kier alpha value is -1.92. The largest absolute Gasteiger partial charge is 0.331 e. The third-order valence-electron chi connectivity index (χ3n) is 3.78. The van der Waals surface area contributed by atoms with Gasteiger partial charge in [0.15, 0.2) is 0 Å². The number of nitrogens with zero attached hydrogens (tertiary/aromatic N) is 3. The third-order valence-corrected chi connectivity index (χ3v) is 5.43. The molecule has 3 aromatic rings. The molecule has 0 aliphatic carbocycles. The summed E-state index contributed by atoms with van der Waals surface area (Å²) in [5.74, 6) is -0.490. The first-order chi connectivity index (χ1) is 11.4. The number of benzene rings is 1. The number of hydrogen-bond donors (Lipinski definition) is 0. The van der Waals surface area contributed by atoms with Gasteiger partial charge in [-0.3, -0.25) is 9.48 Å². The third kappa shape index (κ3) is 3.16. The van der Waals surface area contributed by atoms with Crippen LogP contribution in [0.4, 0.5) is 4.39 Å². The first-order valence-electron chi connectivity index (χ1n) is 7.53. The Balaban J connectivity index is 1.97. The van der Waals surface area contributed by atoms with Gasteiger partial charge < -0.3 is 4.90 Å². The van der Waals surface area contributed by atoms with Gasteiger partial charge in [-0.25, -0.2) is 4.39 Å². The predicted molar refractivity (Wildman–Crippen MR) is 95.0 cm³/mol. The van der Waals surface area contributed by atoms with Gasteiger partial charge in [0.25, 0.3) is 5.91 Å². The molecule has 0 radical (unpaired) electrons. The number of amides is 1. The average Bonchev–Trinajstić information content (AvgIpc) is 3.07. The van der Waals surface area contributed by atoms with Crippen molar-refractivity contribution in [3.63, 3.8) is 0 Å². The highest BCUT2D eigenvalue weighted by atomic mass is 35.5. The number of carbonyl (C=O) groups excluding carboxylic acids is 1. The maximum Gasteiger partial charge on any atom is 0.266 e. The summed E-state index contributed by atoms with van der Waals surface area (Å²) in [4.78, 5) is 15.2. The molecule has 3 rings (SSSR count). The minimum Gasteiger partial charge on any atom is -0.331 e. The Labute approximate surface area is 148 Å². The van der Waals surface area contributed by atoms with Gasteiger partial charge in [0.2, 0.25) is 0 Å². The van der Waals surface area contributed by atoms with Gasteiger partial charge in [-0.05, 0) is 32.0 Å². The number of fused-ring (bicyclic) bond motifs is 1. The molecule has 0 aliphatic rings. The van der Waals surface area contributed by atoms with Crippen LogP contribution in [-0.2, 0) is 13.6 Å². The lowest BCUT2D eigenvalue weighted by Gasteiger charge is -2.26. The fourth-order valence-electron chi connectivity index (χ4n) is 2.55. The number of carbonyl (C=O) groups is 1. The topological polar surface area (TPSA) is 38.1 Å². The predicted octanol–water partition coefficient (Wildman–Crippen LogP) is 4.48. The molecule has 2 aromatic heterocycles. The van der Waals surface area contributed by atoms with Gasteiger partial charge in [-0.1, -0.05) is 11.6 Å². The summed E-state index contributed by atoms with van der Waals surface area (Å²) in [6, 6.07) is 4.37. The van der Waals surface area contributed by atoms with Crippen molar-refractivity contribution in [1.29, 1.82) is 0 Å². The fraction of sp³-hybridized carbons (Fsp3) is 0.294. The molecule has 0 fully saturated rings. The van der Waals surface area contributed by atoms with E-state index in [4.69, 9.17) is 11.6 Å². The molecule has 0 N–H and O–H groups in total. The van der Waals surface area contributed by atoms with Crippen molar-refractivity contribution in [3.8, 4) is 0 Å². The monoisotopic (exact) mass is 365 g/mol. The zero-order valence-electron chi connectivity index (χ0n) is 13.6. The fourth-order valence-corrected chi connectivity index (χ4v) is 4.04. The van der Waals surface area contributed by atoms with Crippen LogP contribution in [0.5, 0.6) is 0 Å². The second kappa shape index (κ2) is 6.53. The molecule has 0 bridgehead atoms. The highest BCUT2D eigenvalue weighted by Gasteiger charge is 2.25. The second-order valence-corrected chi connectivity index (χ2v) is 7.36. The number of hydrogen-bond acceptors (Lipinski definition) is 3. The van der Waals surface area contributed by atoms with E-state index in [-0.39, 0.29) is 17.8 Å². The molecule has 0 atom stereocenters. The summed E-state index contributed by atoms with van der Waals surface area (Å²) >= 11 is 7.61. The van der Waals surface area contributed by atoms with E-state index in [9.17, 15) is 9.18 Å². The van der Waals surface area contributed by atoms with E-state index in [1.54, 1.807) is 21.8 Å². The minimum absolute atomic E-state index is 0.00396. The zero-order chi connectivity index (χ0) is 17.4. The lowest BCUT2D eigenvalue weighted by Crippen LogP contribution is -2.36. The molecular formula is C17H17ClFN3OS. The molecule has 0 spiro atoms. The lowest BCUT2D eigenvalue weighted by atomic mass is 10.2. The first kappa shape index (κ1) is 16.9. The van der Waals surface area contributed by atoms with Crippen LogP contribution in [0.2, 0.25) is 5.02 Å². The van der Waals surface area contributed by atoms with Crippen molar-refractivity contribution in [2.45, 2.75) is 26.4 Å². The summed E-state index contributed by atoms with van der Waals surface area (Å²) in [5, 5.41) is 5.23. The average molecular weight is 366 g/mol. The smallest absolute Gasteiger partial charge is 0.266 e. The van der Waals surface area contributed by atoms with Crippen LogP contribution in [0.25, 0.3) is 10.1 Å². The lowest BCUT2D eigenvalue weighted by molar-refractivity contribution is 0.0695. The summed E-state index contributed by atoms with van der Waals surface area (Å²) in [6.45, 7) is 4.35. The van der Waals surface area contributed by atoms with Crippen molar-refractivity contribution in [2.75, 3.05) is 0 Å². The van der Waals surface area contributed by atoms with Crippen LogP contribution in [0.3, 0.4) is 0 Å². The standard InChI is InChI=1S/C17H17ClFN3OS/c1-10(2)22(9-11-7-20-21(3)8-11)17(23)16-15(18)13-5-4-12(19)6-14(13)24-16/h4-8,10H,9H2,1-3H3. The van der Waals surface area contributed by atoms with Gasteiger partial charge in [-0.15, -0.1) is 11.3 Å². The van der Waals surface area contributed by atoms with Gasteiger partial charge >= 0.3 is 0 Å². The molecule has 1 aromatic carbocycles. The molecule has 2 heterocycles. The van der Waals surface area contributed by atoms with E-state index in [1.807, 2.05) is 27.1 Å². The van der Waals surface area contributed by atoms with Crippen molar-refractivity contribution >= 4 is 38.9 Å². The summed E-state index contributed by atoms with van der Waals surface area (Å²) in [6.07, 6.45) is 3.62. The number of thiophene rings is 1. The van der Waals surface area contributed by atoms with E-state index in [2.05, 4.69) is 5.10 Å². The van der Waals surface area contributed by atoms with E-state index in [0.29, 0.717) is 26.5 Å². The molecule has 24 heavy (non-hydrogen) atoms. The Bertz CT molecular complexity index is 903. The molecule has 0 aliphatic heterocycles. The SMILES string of the molecule is CC(C)N(Cc1cnn(C)c1)C(=O)c1sc2cc(F)ccc2c1Cl. The Kier molecular flexibility index (Phi) is 4.60. The highest BCUT2D eigenvalue weighted by Crippen LogP contribution is 2.36. The zero-order valence-corrected chi connectivity index (χ0v) is 15.2. The molecule has 0 saturated carbocycles. The normalized spacial score (nSPS) is 11.4. The number of aryl methyl sites for hydroxylation is 1. The quantitative estimate of drug-likeness (QED) is 0.683. The molecule has 126 valence electrons. The van der Waals surface area contributed by atoms with Gasteiger partial charge in [-0.2, -0.15) is 5.10 Å². The summed E-state index contributed by atoms with van der Waals surface area (Å²) in [5.41, 5.74) is 0.947. The van der Waals surface area contributed by atoms with Crippen LogP contribution < -0.4 is 0 Å². The molecule has 4 nitrogen and oxygen atoms in total. The van der Waals surface area contributed by atoms with Gasteiger partial charge in [0.1, 0.15) is 10.7 Å². The van der Waals surface area contributed by atoms with Crippen molar-refractivity contribution < 1.29 is 9.18 Å². The number of aromatic nitrogens is 2. The van der Waals surface area contributed by atoms with Crippen molar-refractivity contribution in [3.05, 3.63) is 51.9 Å². The summed E-state index contributed by atoms with van der Waals surface area (Å²) in [7, 11) is 1.84. The van der Waals surface area contributed by atoms with Crippen LogP contribution in [0, 0.1) is 5.82 Å². The molecule has 0 saturated heterocycles. The van der Waals surface area contributed by atoms with E-state index >= 15 is 0 Å². The second-order valence-electron chi connectivity index (χ2n) is 5.93. The van der Waals surface area contributed by atoms with Crippen LogP contribution in [-0.4, -0.2) is 26.6 Å². The number of halogens is 2. The Morgan fingerprint density at radius 3 is 2.83 bits per heavy atom. The highest BCUT2D eigenvalue weighted by molar-refractivity contribution is 7.21. The van der Waals surface area contributed by atoms with Crippen molar-refractivity contribution in [2.24, 2.45) is 7.05 Å². The minimum atomic E-state index is -0.338. The van der Waals surface area contributed by atoms with E-state index in [0.717, 1.165) is 5.56 Å². The van der Waals surface area contributed by atoms with E-state index in [1.165, 1.54) is 23.5 Å². The van der Waals surface area contributed by atoms with E-state index < -0.39 is 0 Å². The van der Waals surface area contributed by atoms with Gasteiger partial charge in [0.05, 0.1) is 11.2 Å². The first-order valence-corrected chi connectivity index (χ1v) is 8.72. The molecule has 7 heteroatoms. The van der Waals surface area contributed by atoms with Crippen LogP contribution >= 0.6 is 22.9 Å². The maximum absolute atomic E-state index is 13.4. The number of rotatable bonds is 4. The molecule has 0 unspecified atom stereocenters.